The number of benzene rings is 1. The molecule has 1 atom stereocenters. The fourth-order valence-corrected chi connectivity index (χ4v) is 4.03. The molecule has 4 rings (SSSR count). The van der Waals surface area contributed by atoms with Gasteiger partial charge < -0.3 is 30.3 Å². The van der Waals surface area contributed by atoms with Gasteiger partial charge in [-0.25, -0.2) is 13.6 Å². The molecule has 2 aromatic rings. The number of likely N-dealkylation sites (N-methyl/N-ethyl adjacent to an activating group) is 1. The number of nitrogens with two attached hydrogens (primary N) is 1. The number of anilines is 2. The van der Waals surface area contributed by atoms with Crippen molar-refractivity contribution in [2.75, 3.05) is 37.8 Å². The van der Waals surface area contributed by atoms with Gasteiger partial charge in [0, 0.05) is 25.0 Å². The number of carboxylic acids is 1. The Kier molecular flexibility index (Phi) is 4.59. The number of fused-ring (bicyclic) bond motifs is 1. The number of aromatic carboxylic acids is 1. The molecule has 0 bridgehead atoms. The monoisotopic (exact) mass is 420 g/mol. The predicted molar refractivity (Wildman–Crippen MR) is 108 cm³/mol. The fraction of sp³-hybridized carbons (Fsp3) is 0.400. The zero-order chi connectivity index (χ0) is 22.0. The maximum absolute atomic E-state index is 15.7. The third-order valence-corrected chi connectivity index (χ3v) is 5.42. The van der Waals surface area contributed by atoms with Crippen molar-refractivity contribution in [2.45, 2.75) is 24.5 Å². The number of nitrogen functional groups attached to an aromatic ring is 1. The molecule has 0 radical (unpaired) electrons. The number of hydrogen-bond donors (Lipinski definition) is 3. The number of aromatic nitrogens is 1. The van der Waals surface area contributed by atoms with E-state index in [4.69, 9.17) is 5.73 Å². The smallest absolute Gasteiger partial charge is 0.341 e. The number of hydrogen-bond acceptors (Lipinski definition) is 6. The standard InChI is InChI=1S/C20H22F2N4O4/c1-24(2)8-20(30)5-6-25(9-20)17-13(21)15(23)12-16(14(17)22)26(10-3-4-10)7-11(18(12)27)19(28)29/h5-7,10,30H,3-4,8-9,23H2,1-2H3,(H,28,29). The average molecular weight is 420 g/mol. The molecule has 0 spiro atoms. The number of pyridine rings is 1. The summed E-state index contributed by atoms with van der Waals surface area (Å²) >= 11 is 0. The van der Waals surface area contributed by atoms with Crippen molar-refractivity contribution in [2.24, 2.45) is 0 Å². The van der Waals surface area contributed by atoms with Gasteiger partial charge in [0.2, 0.25) is 5.43 Å². The van der Waals surface area contributed by atoms with Crippen LogP contribution in [0.15, 0.2) is 23.3 Å². The topological polar surface area (TPSA) is 112 Å². The summed E-state index contributed by atoms with van der Waals surface area (Å²) in [4.78, 5) is 27.1. The molecule has 4 N–H and O–H groups in total. The lowest BCUT2D eigenvalue weighted by molar-refractivity contribution is 0.0694. The molecule has 0 amide bonds. The summed E-state index contributed by atoms with van der Waals surface area (Å²) in [6.45, 7) is 0.131. The van der Waals surface area contributed by atoms with Crippen LogP contribution in [0, 0.1) is 11.6 Å². The van der Waals surface area contributed by atoms with Crippen molar-refractivity contribution in [1.29, 1.82) is 0 Å². The van der Waals surface area contributed by atoms with Crippen LogP contribution < -0.4 is 16.1 Å². The van der Waals surface area contributed by atoms with Crippen molar-refractivity contribution in [1.82, 2.24) is 9.47 Å². The number of halogens is 2. The largest absolute Gasteiger partial charge is 0.477 e. The quantitative estimate of drug-likeness (QED) is 0.629. The highest BCUT2D eigenvalue weighted by Gasteiger charge is 2.37. The zero-order valence-corrected chi connectivity index (χ0v) is 16.5. The third-order valence-electron chi connectivity index (χ3n) is 5.42. The fourth-order valence-electron chi connectivity index (χ4n) is 4.03. The summed E-state index contributed by atoms with van der Waals surface area (Å²) in [6.07, 6.45) is 5.27. The van der Waals surface area contributed by atoms with Crippen molar-refractivity contribution in [3.05, 3.63) is 45.9 Å². The lowest BCUT2D eigenvalue weighted by Crippen LogP contribution is -2.43. The van der Waals surface area contributed by atoms with E-state index < -0.39 is 51.0 Å². The molecule has 1 aliphatic carbocycles. The van der Waals surface area contributed by atoms with Crippen LogP contribution in [0.4, 0.5) is 20.2 Å². The van der Waals surface area contributed by atoms with Crippen LogP contribution >= 0.6 is 0 Å². The SMILES string of the molecule is CN(C)CC1(O)C=CN(c2c(F)c(N)c3c(=O)c(C(=O)O)cn(C4CC4)c3c2F)C1. The Morgan fingerprint density at radius 2 is 2.00 bits per heavy atom. The van der Waals surface area contributed by atoms with Crippen LogP contribution in [0.2, 0.25) is 0 Å². The molecule has 160 valence electrons. The molecule has 1 aromatic carbocycles. The second kappa shape index (κ2) is 6.78. The van der Waals surface area contributed by atoms with E-state index in [1.807, 2.05) is 0 Å². The van der Waals surface area contributed by atoms with Crippen LogP contribution in [0.5, 0.6) is 0 Å². The van der Waals surface area contributed by atoms with Crippen molar-refractivity contribution >= 4 is 28.2 Å². The predicted octanol–water partition coefficient (Wildman–Crippen LogP) is 1.52. The van der Waals surface area contributed by atoms with Gasteiger partial charge in [-0.3, -0.25) is 4.79 Å². The maximum atomic E-state index is 15.7. The molecular weight excluding hydrogens is 398 g/mol. The van der Waals surface area contributed by atoms with Gasteiger partial charge in [-0.2, -0.15) is 0 Å². The lowest BCUT2D eigenvalue weighted by Gasteiger charge is -2.28. The first-order chi connectivity index (χ1) is 14.0. The Bertz CT molecular complexity index is 1160. The molecule has 1 saturated carbocycles. The second-order valence-electron chi connectivity index (χ2n) is 8.21. The molecule has 1 aliphatic heterocycles. The molecule has 1 aromatic heterocycles. The summed E-state index contributed by atoms with van der Waals surface area (Å²) in [7, 11) is 3.52. The van der Waals surface area contributed by atoms with Gasteiger partial charge in [0.1, 0.15) is 16.9 Å². The average Bonchev–Trinajstić information content (AvgIpc) is 3.42. The minimum atomic E-state index is -1.49. The first-order valence-electron chi connectivity index (χ1n) is 9.46. The minimum absolute atomic E-state index is 0.106. The van der Waals surface area contributed by atoms with Gasteiger partial charge in [0.25, 0.3) is 0 Å². The Morgan fingerprint density at radius 1 is 1.33 bits per heavy atom. The van der Waals surface area contributed by atoms with Crippen molar-refractivity contribution < 1.29 is 23.8 Å². The van der Waals surface area contributed by atoms with Gasteiger partial charge in [-0.15, -0.1) is 0 Å². The van der Waals surface area contributed by atoms with Crippen LogP contribution in [0.1, 0.15) is 29.2 Å². The molecule has 2 heterocycles. The Hall–Kier alpha value is -2.98. The van der Waals surface area contributed by atoms with E-state index in [0.717, 1.165) is 6.20 Å². The minimum Gasteiger partial charge on any atom is -0.477 e. The lowest BCUT2D eigenvalue weighted by atomic mass is 10.0. The Balaban J connectivity index is 1.95. The number of nitrogens with zero attached hydrogens (tertiary/aromatic N) is 3. The van der Waals surface area contributed by atoms with Gasteiger partial charge >= 0.3 is 5.97 Å². The summed E-state index contributed by atoms with van der Waals surface area (Å²) in [5.74, 6) is -3.67. The van der Waals surface area contributed by atoms with E-state index in [2.05, 4.69) is 0 Å². The van der Waals surface area contributed by atoms with E-state index in [0.29, 0.717) is 12.8 Å². The van der Waals surface area contributed by atoms with Crippen LogP contribution in [0.25, 0.3) is 10.9 Å². The summed E-state index contributed by atoms with van der Waals surface area (Å²) < 4.78 is 32.2. The maximum Gasteiger partial charge on any atom is 0.341 e. The van der Waals surface area contributed by atoms with E-state index in [-0.39, 0.29) is 24.6 Å². The number of carbonyl (C=O) groups is 1. The van der Waals surface area contributed by atoms with E-state index in [9.17, 15) is 19.8 Å². The summed E-state index contributed by atoms with van der Waals surface area (Å²) in [5.41, 5.74) is 1.63. The molecule has 2 aliphatic rings. The van der Waals surface area contributed by atoms with Crippen LogP contribution in [-0.2, 0) is 0 Å². The second-order valence-corrected chi connectivity index (χ2v) is 8.21. The normalized spacial score (nSPS) is 21.2. The van der Waals surface area contributed by atoms with Crippen LogP contribution in [-0.4, -0.2) is 58.4 Å². The summed E-state index contributed by atoms with van der Waals surface area (Å²) in [5, 5.41) is 19.6. The highest BCUT2D eigenvalue weighted by atomic mass is 19.1. The molecule has 10 heteroatoms. The van der Waals surface area contributed by atoms with E-state index in [1.54, 1.807) is 19.0 Å². The first-order valence-corrected chi connectivity index (χ1v) is 9.46. The van der Waals surface area contributed by atoms with E-state index >= 15 is 8.78 Å². The molecule has 30 heavy (non-hydrogen) atoms. The third kappa shape index (κ3) is 3.12. The molecular formula is C20H22F2N4O4. The van der Waals surface area contributed by atoms with Gasteiger partial charge in [0.15, 0.2) is 11.6 Å². The molecule has 8 nitrogen and oxygen atoms in total. The van der Waals surface area contributed by atoms with E-state index in [1.165, 1.54) is 21.7 Å². The first kappa shape index (κ1) is 20.3. The van der Waals surface area contributed by atoms with Gasteiger partial charge in [0.05, 0.1) is 23.1 Å². The van der Waals surface area contributed by atoms with Crippen molar-refractivity contribution in [3.8, 4) is 0 Å². The number of β-amino-alcohol motifs (C(OH)–C–C–N with tert-alkyl or cyclic N) is 1. The summed E-state index contributed by atoms with van der Waals surface area (Å²) in [6, 6.07) is -0.196. The highest BCUT2D eigenvalue weighted by molar-refractivity contribution is 6.00. The zero-order valence-electron chi connectivity index (χ0n) is 16.5. The number of aliphatic hydroxyl groups is 1. The van der Waals surface area contributed by atoms with Gasteiger partial charge in [-0.05, 0) is 33.0 Å². The van der Waals surface area contributed by atoms with Crippen molar-refractivity contribution in [3.63, 3.8) is 0 Å². The van der Waals surface area contributed by atoms with Crippen LogP contribution in [0.3, 0.4) is 0 Å². The number of carboxylic acid groups (broad SMARTS) is 1. The molecule has 1 unspecified atom stereocenters. The highest BCUT2D eigenvalue weighted by Crippen LogP contribution is 2.42. The number of rotatable bonds is 5. The Labute approximate surface area is 170 Å². The molecule has 1 fully saturated rings. The van der Waals surface area contributed by atoms with Gasteiger partial charge in [-0.1, -0.05) is 0 Å². The molecule has 0 saturated heterocycles. The Morgan fingerprint density at radius 3 is 2.57 bits per heavy atom.